The molecule has 4 nitrogen and oxygen atoms in total. The summed E-state index contributed by atoms with van der Waals surface area (Å²) in [6.07, 6.45) is 1.69. The monoisotopic (exact) mass is 216 g/mol. The average molecular weight is 216 g/mol. The molecule has 15 heavy (non-hydrogen) atoms. The number of carbonyl (C=O) groups is 1. The summed E-state index contributed by atoms with van der Waals surface area (Å²) in [5, 5.41) is 9.35. The van der Waals surface area contributed by atoms with Crippen molar-refractivity contribution in [3.8, 4) is 0 Å². The van der Waals surface area contributed by atoms with Crippen molar-refractivity contribution in [2.45, 2.75) is 38.9 Å². The summed E-state index contributed by atoms with van der Waals surface area (Å²) in [6, 6.07) is 0. The number of ether oxygens (including phenoxy) is 2. The van der Waals surface area contributed by atoms with Gasteiger partial charge in [0.25, 0.3) is 0 Å². The van der Waals surface area contributed by atoms with Gasteiger partial charge in [-0.2, -0.15) is 0 Å². The summed E-state index contributed by atoms with van der Waals surface area (Å²) < 4.78 is 10.6. The Balaban J connectivity index is 2.94. The number of aliphatic carboxylic acids is 1. The van der Waals surface area contributed by atoms with E-state index in [0.717, 1.165) is 0 Å². The Morgan fingerprint density at radius 2 is 1.80 bits per heavy atom. The van der Waals surface area contributed by atoms with Crippen LogP contribution in [0, 0.1) is 11.3 Å². The molecule has 0 aromatic rings. The number of carboxylic acids is 1. The normalized spacial score (nSPS) is 29.7. The Hall–Kier alpha value is -0.610. The highest BCUT2D eigenvalue weighted by atomic mass is 16.7. The quantitative estimate of drug-likeness (QED) is 0.729. The minimum absolute atomic E-state index is 0.0853. The Kier molecular flexibility index (Phi) is 3.41. The molecule has 1 saturated carbocycles. The number of carboxylic acid groups (broad SMARTS) is 1. The van der Waals surface area contributed by atoms with Crippen molar-refractivity contribution in [3.63, 3.8) is 0 Å². The van der Waals surface area contributed by atoms with Gasteiger partial charge in [-0.05, 0) is 12.3 Å². The van der Waals surface area contributed by atoms with Crippen molar-refractivity contribution in [2.75, 3.05) is 14.2 Å². The molecule has 0 amide bonds. The first-order valence-corrected chi connectivity index (χ1v) is 5.26. The van der Waals surface area contributed by atoms with E-state index in [-0.39, 0.29) is 5.92 Å². The number of hydrogen-bond acceptors (Lipinski definition) is 3. The molecule has 0 saturated heterocycles. The van der Waals surface area contributed by atoms with E-state index in [0.29, 0.717) is 19.3 Å². The van der Waals surface area contributed by atoms with Crippen LogP contribution in [0.1, 0.15) is 33.1 Å². The molecular weight excluding hydrogens is 196 g/mol. The molecule has 0 bridgehead atoms. The standard InChI is InChI=1S/C11H20O4/c1-8(2)10(9(12)13)5-6-11(7-10,14-3)15-4/h8H,5-7H2,1-4H3,(H,12,13). The number of methoxy groups -OCH3 is 2. The van der Waals surface area contributed by atoms with Crippen molar-refractivity contribution in [3.05, 3.63) is 0 Å². The second-order valence-electron chi connectivity index (χ2n) is 4.61. The maximum atomic E-state index is 11.4. The van der Waals surface area contributed by atoms with Gasteiger partial charge in [-0.15, -0.1) is 0 Å². The molecule has 0 aromatic heterocycles. The molecule has 0 radical (unpaired) electrons. The summed E-state index contributed by atoms with van der Waals surface area (Å²) in [4.78, 5) is 11.4. The fourth-order valence-corrected chi connectivity index (χ4v) is 2.42. The van der Waals surface area contributed by atoms with Crippen molar-refractivity contribution in [2.24, 2.45) is 11.3 Å². The van der Waals surface area contributed by atoms with Crippen LogP contribution in [-0.4, -0.2) is 31.1 Å². The Labute approximate surface area is 90.6 Å². The van der Waals surface area contributed by atoms with Crippen LogP contribution < -0.4 is 0 Å². The predicted octanol–water partition coefficient (Wildman–Crippen LogP) is 1.89. The molecule has 1 fully saturated rings. The summed E-state index contributed by atoms with van der Waals surface area (Å²) in [5.41, 5.74) is -0.702. The van der Waals surface area contributed by atoms with Crippen LogP contribution >= 0.6 is 0 Å². The van der Waals surface area contributed by atoms with E-state index in [4.69, 9.17) is 9.47 Å². The molecule has 1 rings (SSSR count). The topological polar surface area (TPSA) is 55.8 Å². The molecule has 88 valence electrons. The molecule has 0 aliphatic heterocycles. The van der Waals surface area contributed by atoms with Gasteiger partial charge in [-0.25, -0.2) is 0 Å². The molecule has 1 atom stereocenters. The zero-order valence-electron chi connectivity index (χ0n) is 9.87. The maximum absolute atomic E-state index is 11.4. The van der Waals surface area contributed by atoms with Gasteiger partial charge < -0.3 is 14.6 Å². The largest absolute Gasteiger partial charge is 0.481 e. The van der Waals surface area contributed by atoms with Crippen LogP contribution in [0.5, 0.6) is 0 Å². The Morgan fingerprint density at radius 3 is 2.00 bits per heavy atom. The molecule has 0 heterocycles. The molecule has 0 aromatic carbocycles. The lowest BCUT2D eigenvalue weighted by Crippen LogP contribution is -2.38. The van der Waals surface area contributed by atoms with E-state index >= 15 is 0 Å². The molecular formula is C11H20O4. The molecule has 4 heteroatoms. The minimum atomic E-state index is -0.742. The Bertz CT molecular complexity index is 245. The lowest BCUT2D eigenvalue weighted by molar-refractivity contribution is -0.209. The molecule has 1 aliphatic rings. The van der Waals surface area contributed by atoms with Crippen molar-refractivity contribution < 1.29 is 19.4 Å². The first-order valence-electron chi connectivity index (χ1n) is 5.26. The van der Waals surface area contributed by atoms with Gasteiger partial charge in [-0.3, -0.25) is 4.79 Å². The fourth-order valence-electron chi connectivity index (χ4n) is 2.42. The third kappa shape index (κ3) is 1.88. The van der Waals surface area contributed by atoms with E-state index in [2.05, 4.69) is 0 Å². The van der Waals surface area contributed by atoms with Crippen LogP contribution in [0.3, 0.4) is 0 Å². The first-order chi connectivity index (χ1) is 6.92. The van der Waals surface area contributed by atoms with Crippen LogP contribution in [0.4, 0.5) is 0 Å². The van der Waals surface area contributed by atoms with Gasteiger partial charge in [0.05, 0.1) is 5.41 Å². The number of rotatable bonds is 4. The lowest BCUT2D eigenvalue weighted by Gasteiger charge is -2.32. The second kappa shape index (κ2) is 4.10. The summed E-state index contributed by atoms with van der Waals surface area (Å²) in [6.45, 7) is 3.88. The summed E-state index contributed by atoms with van der Waals surface area (Å²) in [7, 11) is 3.14. The van der Waals surface area contributed by atoms with E-state index in [9.17, 15) is 9.90 Å². The van der Waals surface area contributed by atoms with Crippen LogP contribution in [0.15, 0.2) is 0 Å². The predicted molar refractivity (Wildman–Crippen MR) is 55.5 cm³/mol. The van der Waals surface area contributed by atoms with Crippen LogP contribution in [0.2, 0.25) is 0 Å². The van der Waals surface area contributed by atoms with Crippen LogP contribution in [0.25, 0.3) is 0 Å². The highest BCUT2D eigenvalue weighted by Gasteiger charge is 2.55. The van der Waals surface area contributed by atoms with E-state index in [1.807, 2.05) is 13.8 Å². The highest BCUT2D eigenvalue weighted by Crippen LogP contribution is 2.50. The zero-order valence-corrected chi connectivity index (χ0v) is 9.87. The van der Waals surface area contributed by atoms with E-state index in [1.165, 1.54) is 0 Å². The van der Waals surface area contributed by atoms with Gasteiger partial charge in [0.15, 0.2) is 5.79 Å². The molecule has 0 spiro atoms. The van der Waals surface area contributed by atoms with Crippen LogP contribution in [-0.2, 0) is 14.3 Å². The van der Waals surface area contributed by atoms with Crippen molar-refractivity contribution >= 4 is 5.97 Å². The average Bonchev–Trinajstić information content (AvgIpc) is 2.59. The zero-order chi connectivity index (χ0) is 11.7. The van der Waals surface area contributed by atoms with Gasteiger partial charge in [0.1, 0.15) is 0 Å². The SMILES string of the molecule is COC1(OC)CCC(C(=O)O)(C(C)C)C1. The lowest BCUT2D eigenvalue weighted by atomic mass is 9.75. The third-order valence-electron chi connectivity index (χ3n) is 3.81. The van der Waals surface area contributed by atoms with Gasteiger partial charge in [0.2, 0.25) is 0 Å². The van der Waals surface area contributed by atoms with Crippen molar-refractivity contribution in [1.82, 2.24) is 0 Å². The minimum Gasteiger partial charge on any atom is -0.481 e. The molecule has 1 aliphatic carbocycles. The third-order valence-corrected chi connectivity index (χ3v) is 3.81. The Morgan fingerprint density at radius 1 is 1.27 bits per heavy atom. The fraction of sp³-hybridized carbons (Fsp3) is 0.909. The molecule has 1 unspecified atom stereocenters. The second-order valence-corrected chi connectivity index (χ2v) is 4.61. The summed E-state index contributed by atoms with van der Waals surface area (Å²) in [5.74, 6) is -1.36. The highest BCUT2D eigenvalue weighted by molar-refractivity contribution is 5.75. The summed E-state index contributed by atoms with van der Waals surface area (Å²) >= 11 is 0. The van der Waals surface area contributed by atoms with E-state index < -0.39 is 17.2 Å². The maximum Gasteiger partial charge on any atom is 0.310 e. The van der Waals surface area contributed by atoms with Gasteiger partial charge >= 0.3 is 5.97 Å². The molecule has 1 N–H and O–H groups in total. The van der Waals surface area contributed by atoms with Gasteiger partial charge in [0, 0.05) is 27.1 Å². The van der Waals surface area contributed by atoms with Gasteiger partial charge in [-0.1, -0.05) is 13.8 Å². The van der Waals surface area contributed by atoms with Crippen molar-refractivity contribution in [1.29, 1.82) is 0 Å². The van der Waals surface area contributed by atoms with E-state index in [1.54, 1.807) is 14.2 Å². The number of hydrogen-bond donors (Lipinski definition) is 1. The first kappa shape index (κ1) is 12.5. The smallest absolute Gasteiger partial charge is 0.310 e.